The van der Waals surface area contributed by atoms with E-state index >= 15 is 0 Å². The van der Waals surface area contributed by atoms with Crippen molar-refractivity contribution in [2.45, 2.75) is 79.4 Å². The highest BCUT2D eigenvalue weighted by molar-refractivity contribution is 7.92. The van der Waals surface area contributed by atoms with E-state index in [0.29, 0.717) is 41.4 Å². The zero-order valence-corrected chi connectivity index (χ0v) is 26.8. The van der Waals surface area contributed by atoms with Gasteiger partial charge in [0.15, 0.2) is 0 Å². The number of amides is 1. The molecule has 5 N–H and O–H groups in total. The number of anilines is 3. The number of rotatable bonds is 12. The van der Waals surface area contributed by atoms with E-state index in [2.05, 4.69) is 15.0 Å². The third kappa shape index (κ3) is 7.27. The SMILES string of the molecule is CCCC(Oc1ccc(Nc2c(C(N)=O)c(-c3ccc(NS(=O)(=O)CC)cc3)nn2C(C)(C)C)nc1)(C(=O)O)C(C)(C)C. The molecule has 1 atom stereocenters. The molecule has 0 aliphatic carbocycles. The minimum Gasteiger partial charge on any atom is -0.478 e. The van der Waals surface area contributed by atoms with Crippen LogP contribution in [0.15, 0.2) is 42.6 Å². The first-order valence-corrected chi connectivity index (χ1v) is 15.7. The zero-order chi connectivity index (χ0) is 32.4. The van der Waals surface area contributed by atoms with Crippen LogP contribution in [-0.4, -0.2) is 51.5 Å². The van der Waals surface area contributed by atoms with Gasteiger partial charge in [-0.25, -0.2) is 22.9 Å². The number of nitrogens with two attached hydrogens (primary N) is 1. The number of primary amides is 1. The molecule has 2 heterocycles. The second-order valence-corrected chi connectivity index (χ2v) is 14.4. The lowest BCUT2D eigenvalue weighted by atomic mass is 9.73. The number of carboxylic acids is 1. The normalized spacial score (nSPS) is 13.7. The molecule has 1 unspecified atom stereocenters. The van der Waals surface area contributed by atoms with E-state index < -0.39 is 38.5 Å². The standard InChI is InChI=1S/C30H42N6O6S/c1-9-17-30(27(38)39,28(3,4)5)42-21-15-16-22(32-18-21)33-26-23(25(31)37)24(34-36(26)29(6,7)8)19-11-13-20(14-12-19)35-43(40,41)10-2/h11-16,18,35H,9-10,17H2,1-8H3,(H2,31,37)(H,32,33)(H,38,39). The monoisotopic (exact) mass is 614 g/mol. The maximum Gasteiger partial charge on any atom is 0.348 e. The van der Waals surface area contributed by atoms with Gasteiger partial charge in [0.05, 0.1) is 17.5 Å². The number of aromatic nitrogens is 3. The van der Waals surface area contributed by atoms with Crippen molar-refractivity contribution in [3.8, 4) is 17.0 Å². The van der Waals surface area contributed by atoms with Crippen molar-refractivity contribution in [1.29, 1.82) is 0 Å². The number of aliphatic carboxylic acids is 1. The van der Waals surface area contributed by atoms with E-state index in [-0.39, 0.29) is 17.1 Å². The van der Waals surface area contributed by atoms with Crippen molar-refractivity contribution in [3.63, 3.8) is 0 Å². The molecular formula is C30H42N6O6S. The van der Waals surface area contributed by atoms with Crippen LogP contribution >= 0.6 is 0 Å². The Balaban J connectivity index is 2.03. The molecule has 0 saturated carbocycles. The lowest BCUT2D eigenvalue weighted by molar-refractivity contribution is -0.167. The molecule has 3 rings (SSSR count). The van der Waals surface area contributed by atoms with Crippen LogP contribution in [0, 0.1) is 5.41 Å². The molecular weight excluding hydrogens is 572 g/mol. The smallest absolute Gasteiger partial charge is 0.348 e. The number of benzene rings is 1. The molecule has 13 heteroatoms. The lowest BCUT2D eigenvalue weighted by Crippen LogP contribution is -2.54. The van der Waals surface area contributed by atoms with Crippen LogP contribution in [0.4, 0.5) is 17.3 Å². The Labute approximate surface area is 253 Å². The molecule has 234 valence electrons. The number of nitrogens with one attached hydrogen (secondary N) is 2. The highest BCUT2D eigenvalue weighted by atomic mass is 32.2. The summed E-state index contributed by atoms with van der Waals surface area (Å²) in [6.45, 7) is 14.7. The van der Waals surface area contributed by atoms with Gasteiger partial charge >= 0.3 is 5.97 Å². The Hall–Kier alpha value is -4.13. The Bertz CT molecular complexity index is 1570. The van der Waals surface area contributed by atoms with Crippen LogP contribution in [0.2, 0.25) is 0 Å². The first-order chi connectivity index (χ1) is 19.8. The fourth-order valence-corrected chi connectivity index (χ4v) is 5.28. The predicted molar refractivity (Wildman–Crippen MR) is 167 cm³/mol. The van der Waals surface area contributed by atoms with Gasteiger partial charge in [0.2, 0.25) is 15.6 Å². The average Bonchev–Trinajstić information content (AvgIpc) is 3.29. The van der Waals surface area contributed by atoms with Gasteiger partial charge in [-0.05, 0) is 58.4 Å². The van der Waals surface area contributed by atoms with Gasteiger partial charge in [-0.2, -0.15) is 5.10 Å². The van der Waals surface area contributed by atoms with Crippen LogP contribution in [0.25, 0.3) is 11.3 Å². The Kier molecular flexibility index (Phi) is 9.49. The molecule has 43 heavy (non-hydrogen) atoms. The molecule has 3 aromatic rings. The second kappa shape index (κ2) is 12.2. The van der Waals surface area contributed by atoms with E-state index in [4.69, 9.17) is 15.6 Å². The third-order valence-corrected chi connectivity index (χ3v) is 8.32. The van der Waals surface area contributed by atoms with E-state index in [1.54, 1.807) is 48.0 Å². The van der Waals surface area contributed by atoms with Gasteiger partial charge < -0.3 is 20.9 Å². The summed E-state index contributed by atoms with van der Waals surface area (Å²) in [5.74, 6) is -0.888. The Morgan fingerprint density at radius 1 is 1.02 bits per heavy atom. The summed E-state index contributed by atoms with van der Waals surface area (Å²) in [4.78, 5) is 29.6. The van der Waals surface area contributed by atoms with Crippen molar-refractivity contribution in [3.05, 3.63) is 48.2 Å². The fourth-order valence-electron chi connectivity index (χ4n) is 4.64. The molecule has 1 aromatic carbocycles. The van der Waals surface area contributed by atoms with E-state index in [1.165, 1.54) is 6.20 Å². The van der Waals surface area contributed by atoms with E-state index in [1.807, 2.05) is 48.5 Å². The molecule has 0 spiro atoms. The van der Waals surface area contributed by atoms with E-state index in [9.17, 15) is 23.1 Å². The summed E-state index contributed by atoms with van der Waals surface area (Å²) in [5, 5.41) is 18.0. The number of carboxylic acid groups (broad SMARTS) is 1. The lowest BCUT2D eigenvalue weighted by Gasteiger charge is -2.41. The van der Waals surface area contributed by atoms with Gasteiger partial charge in [-0.3, -0.25) is 9.52 Å². The first kappa shape index (κ1) is 33.4. The molecule has 12 nitrogen and oxygen atoms in total. The molecule has 2 aromatic heterocycles. The number of ether oxygens (including phenoxy) is 1. The van der Waals surface area contributed by atoms with Crippen molar-refractivity contribution in [1.82, 2.24) is 14.8 Å². The Morgan fingerprint density at radius 3 is 2.09 bits per heavy atom. The van der Waals surface area contributed by atoms with Gasteiger partial charge in [-0.15, -0.1) is 0 Å². The van der Waals surface area contributed by atoms with Gasteiger partial charge in [0.25, 0.3) is 5.91 Å². The summed E-state index contributed by atoms with van der Waals surface area (Å²) in [6.07, 6.45) is 2.36. The first-order valence-electron chi connectivity index (χ1n) is 14.0. The van der Waals surface area contributed by atoms with Gasteiger partial charge in [-0.1, -0.05) is 46.2 Å². The zero-order valence-electron chi connectivity index (χ0n) is 26.0. The maximum absolute atomic E-state index is 12.8. The molecule has 0 aliphatic rings. The summed E-state index contributed by atoms with van der Waals surface area (Å²) >= 11 is 0. The highest BCUT2D eigenvalue weighted by Crippen LogP contribution is 2.39. The van der Waals surface area contributed by atoms with E-state index in [0.717, 1.165) is 0 Å². The number of nitrogens with zero attached hydrogens (tertiary/aromatic N) is 3. The molecule has 0 fully saturated rings. The minimum atomic E-state index is -3.46. The van der Waals surface area contributed by atoms with Crippen molar-refractivity contribution in [2.24, 2.45) is 11.1 Å². The highest BCUT2D eigenvalue weighted by Gasteiger charge is 2.50. The van der Waals surface area contributed by atoms with Crippen LogP contribution in [0.3, 0.4) is 0 Å². The molecule has 0 bridgehead atoms. The number of carbonyl (C=O) groups is 2. The molecule has 0 radical (unpaired) electrons. The fraction of sp³-hybridized carbons (Fsp3) is 0.467. The molecule has 1 amide bonds. The number of sulfonamides is 1. The van der Waals surface area contributed by atoms with Crippen LogP contribution in [-0.2, 0) is 20.4 Å². The van der Waals surface area contributed by atoms with Crippen LogP contribution in [0.5, 0.6) is 5.75 Å². The van der Waals surface area contributed by atoms with Gasteiger partial charge in [0, 0.05) is 16.7 Å². The number of hydrogen-bond donors (Lipinski definition) is 4. The van der Waals surface area contributed by atoms with Crippen LogP contribution in [0.1, 0.15) is 78.6 Å². The predicted octanol–water partition coefficient (Wildman–Crippen LogP) is 5.35. The largest absolute Gasteiger partial charge is 0.478 e. The van der Waals surface area contributed by atoms with Crippen LogP contribution < -0.4 is 20.5 Å². The maximum atomic E-state index is 12.8. The van der Waals surface area contributed by atoms with Crippen molar-refractivity contribution in [2.75, 3.05) is 15.8 Å². The minimum absolute atomic E-state index is 0.0670. The quantitative estimate of drug-likeness (QED) is 0.209. The van der Waals surface area contributed by atoms with Crippen molar-refractivity contribution < 1.29 is 27.9 Å². The third-order valence-electron chi connectivity index (χ3n) is 7.01. The number of pyridine rings is 1. The second-order valence-electron chi connectivity index (χ2n) is 12.3. The number of hydrogen-bond acceptors (Lipinski definition) is 8. The summed E-state index contributed by atoms with van der Waals surface area (Å²) in [6, 6.07) is 9.73. The van der Waals surface area contributed by atoms with Gasteiger partial charge in [0.1, 0.15) is 28.6 Å². The topological polar surface area (TPSA) is 179 Å². The summed E-state index contributed by atoms with van der Waals surface area (Å²) in [5.41, 5.74) is 4.50. The molecule has 0 saturated heterocycles. The average molecular weight is 615 g/mol. The summed E-state index contributed by atoms with van der Waals surface area (Å²) in [7, 11) is -3.46. The number of carbonyl (C=O) groups excluding carboxylic acids is 1. The molecule has 0 aliphatic heterocycles. The summed E-state index contributed by atoms with van der Waals surface area (Å²) < 4.78 is 34.1. The van der Waals surface area contributed by atoms with Crippen molar-refractivity contribution >= 4 is 39.2 Å². The Morgan fingerprint density at radius 2 is 1.65 bits per heavy atom.